The van der Waals surface area contributed by atoms with E-state index in [1.165, 1.54) is 31.2 Å². The molecule has 1 aliphatic heterocycles. The summed E-state index contributed by atoms with van der Waals surface area (Å²) in [6.45, 7) is 7.60. The lowest BCUT2D eigenvalue weighted by atomic mass is 9.82. The molecule has 0 aromatic heterocycles. The van der Waals surface area contributed by atoms with Crippen molar-refractivity contribution in [2.45, 2.75) is 33.1 Å². The lowest BCUT2D eigenvalue weighted by Crippen LogP contribution is -2.29. The lowest BCUT2D eigenvalue weighted by Gasteiger charge is -2.23. The highest BCUT2D eigenvalue weighted by Crippen LogP contribution is 2.30. The first-order chi connectivity index (χ1) is 15.6. The van der Waals surface area contributed by atoms with E-state index in [2.05, 4.69) is 25.2 Å². The minimum atomic E-state index is -0.357. The number of benzene rings is 2. The topological polar surface area (TPSA) is 83.6 Å². The number of anilines is 2. The van der Waals surface area contributed by atoms with Gasteiger partial charge in [0.1, 0.15) is 0 Å². The second-order valence-corrected chi connectivity index (χ2v) is 8.45. The van der Waals surface area contributed by atoms with Crippen molar-refractivity contribution in [2.75, 3.05) is 10.2 Å². The van der Waals surface area contributed by atoms with Gasteiger partial charge in [-0.25, -0.2) is 4.90 Å². The number of carbonyl (C=O) groups is 4. The van der Waals surface area contributed by atoms with E-state index in [-0.39, 0.29) is 28.9 Å². The summed E-state index contributed by atoms with van der Waals surface area (Å²) < 4.78 is 0. The van der Waals surface area contributed by atoms with Crippen LogP contribution in [0.15, 0.2) is 78.9 Å². The molecular weight excluding hydrogens is 416 g/mol. The Morgan fingerprint density at radius 3 is 1.97 bits per heavy atom. The van der Waals surface area contributed by atoms with Gasteiger partial charge in [-0.2, -0.15) is 0 Å². The molecule has 1 N–H and O–H groups in total. The number of amides is 3. The van der Waals surface area contributed by atoms with Crippen molar-refractivity contribution in [3.8, 4) is 0 Å². The van der Waals surface area contributed by atoms with Crippen LogP contribution in [0.25, 0.3) is 5.57 Å². The Balaban J connectivity index is 1.72. The van der Waals surface area contributed by atoms with Crippen LogP contribution in [-0.4, -0.2) is 23.5 Å². The second-order valence-electron chi connectivity index (χ2n) is 8.45. The molecule has 168 valence electrons. The number of hydrogen-bond donors (Lipinski definition) is 1. The number of ketones is 1. The zero-order valence-electron chi connectivity index (χ0n) is 19.1. The van der Waals surface area contributed by atoms with Crippen molar-refractivity contribution in [1.29, 1.82) is 0 Å². The Labute approximate surface area is 193 Å². The van der Waals surface area contributed by atoms with Gasteiger partial charge in [0, 0.05) is 29.3 Å². The van der Waals surface area contributed by atoms with Crippen molar-refractivity contribution >= 4 is 40.5 Å². The van der Waals surface area contributed by atoms with Crippen LogP contribution in [0, 0.1) is 0 Å². The van der Waals surface area contributed by atoms with Gasteiger partial charge >= 0.3 is 0 Å². The first-order valence-corrected chi connectivity index (χ1v) is 10.5. The number of nitrogens with zero attached hydrogens (tertiary/aromatic N) is 1. The third-order valence-corrected chi connectivity index (χ3v) is 5.33. The Bertz CT molecular complexity index is 1170. The normalized spacial score (nSPS) is 14.3. The summed E-state index contributed by atoms with van der Waals surface area (Å²) in [6, 6.07) is 14.9. The Kier molecular flexibility index (Phi) is 6.87. The van der Waals surface area contributed by atoms with Gasteiger partial charge in [-0.1, -0.05) is 44.2 Å². The minimum Gasteiger partial charge on any atom is -0.323 e. The number of allylic oxidation sites excluding steroid dienone is 3. The lowest BCUT2D eigenvalue weighted by molar-refractivity contribution is -0.120. The maximum absolute atomic E-state index is 11.9. The minimum absolute atomic E-state index is 0.186. The Morgan fingerprint density at radius 2 is 1.42 bits per heavy atom. The van der Waals surface area contributed by atoms with Crippen molar-refractivity contribution in [3.05, 3.63) is 90.0 Å². The van der Waals surface area contributed by atoms with Gasteiger partial charge in [-0.15, -0.1) is 0 Å². The van der Waals surface area contributed by atoms with Crippen LogP contribution in [0.3, 0.4) is 0 Å². The van der Waals surface area contributed by atoms with Crippen LogP contribution < -0.4 is 10.2 Å². The molecule has 0 fully saturated rings. The van der Waals surface area contributed by atoms with E-state index < -0.39 is 0 Å². The van der Waals surface area contributed by atoms with Crippen LogP contribution in [0.4, 0.5) is 11.4 Å². The summed E-state index contributed by atoms with van der Waals surface area (Å²) in [7, 11) is 0. The number of imide groups is 1. The van der Waals surface area contributed by atoms with Crippen LogP contribution in [0.5, 0.6) is 0 Å². The van der Waals surface area contributed by atoms with Gasteiger partial charge in [0.25, 0.3) is 11.8 Å². The van der Waals surface area contributed by atoms with Gasteiger partial charge in [0.15, 0.2) is 5.78 Å². The molecule has 0 radical (unpaired) electrons. The molecule has 0 saturated heterocycles. The molecule has 0 spiro atoms. The molecule has 3 rings (SSSR count). The van der Waals surface area contributed by atoms with E-state index >= 15 is 0 Å². The van der Waals surface area contributed by atoms with Crippen LogP contribution in [0.1, 0.15) is 38.8 Å². The molecule has 6 nitrogen and oxygen atoms in total. The maximum atomic E-state index is 11.9. The molecule has 2 aromatic rings. The molecule has 0 saturated carbocycles. The quantitative estimate of drug-likeness (QED) is 0.503. The molecule has 0 aliphatic carbocycles. The molecule has 0 unspecified atom stereocenters. The third-order valence-electron chi connectivity index (χ3n) is 5.33. The van der Waals surface area contributed by atoms with E-state index in [0.29, 0.717) is 11.4 Å². The average molecular weight is 443 g/mol. The summed E-state index contributed by atoms with van der Waals surface area (Å²) in [5.74, 6) is -1.22. The van der Waals surface area contributed by atoms with Crippen LogP contribution in [0.2, 0.25) is 0 Å². The van der Waals surface area contributed by atoms with Gasteiger partial charge in [-0.05, 0) is 60.9 Å². The monoisotopic (exact) mass is 442 g/mol. The van der Waals surface area contributed by atoms with Gasteiger partial charge in [0.2, 0.25) is 5.91 Å². The SMILES string of the molecule is CC(=O)/C=C\C(=O)Nc1ccc(C(C)(C)/C=C(/C)c2ccc(N3C(=O)C=CC3=O)cc2)cc1. The van der Waals surface area contributed by atoms with Crippen LogP contribution in [-0.2, 0) is 24.6 Å². The van der Waals surface area contributed by atoms with E-state index in [4.69, 9.17) is 0 Å². The zero-order chi connectivity index (χ0) is 24.2. The molecule has 33 heavy (non-hydrogen) atoms. The largest absolute Gasteiger partial charge is 0.323 e. The Morgan fingerprint density at radius 1 is 0.848 bits per heavy atom. The smallest absolute Gasteiger partial charge is 0.258 e. The molecule has 6 heteroatoms. The first kappa shape index (κ1) is 23.6. The molecule has 0 bridgehead atoms. The van der Waals surface area contributed by atoms with Crippen LogP contribution >= 0.6 is 0 Å². The second kappa shape index (κ2) is 9.61. The number of nitrogens with one attached hydrogen (secondary N) is 1. The van der Waals surface area contributed by atoms with Gasteiger partial charge in [0.05, 0.1) is 5.69 Å². The average Bonchev–Trinajstić information content (AvgIpc) is 3.10. The van der Waals surface area contributed by atoms with Crippen molar-refractivity contribution in [1.82, 2.24) is 0 Å². The fourth-order valence-electron chi connectivity index (χ4n) is 3.60. The van der Waals surface area contributed by atoms with Crippen molar-refractivity contribution < 1.29 is 19.2 Å². The summed E-state index contributed by atoms with van der Waals surface area (Å²) in [5.41, 5.74) is 4.00. The fourth-order valence-corrected chi connectivity index (χ4v) is 3.60. The summed E-state index contributed by atoms with van der Waals surface area (Å²) in [4.78, 5) is 47.6. The van der Waals surface area contributed by atoms with Crippen molar-refractivity contribution in [3.63, 3.8) is 0 Å². The standard InChI is InChI=1S/C27H26N2O4/c1-18(20-6-12-23(13-7-20)29-25(32)15-16-26(29)33)17-27(3,4)21-8-10-22(11-9-21)28-24(31)14-5-19(2)30/h5-17H,1-4H3,(H,28,31)/b14-5-,18-17-. The third kappa shape index (κ3) is 5.80. The van der Waals surface area contributed by atoms with E-state index in [1.54, 1.807) is 12.1 Å². The van der Waals surface area contributed by atoms with Gasteiger partial charge in [-0.3, -0.25) is 19.2 Å². The molecule has 1 heterocycles. The van der Waals surface area contributed by atoms with Gasteiger partial charge < -0.3 is 5.32 Å². The summed E-state index contributed by atoms with van der Waals surface area (Å²) in [6.07, 6.45) is 7.13. The maximum Gasteiger partial charge on any atom is 0.258 e. The number of carbonyl (C=O) groups excluding carboxylic acids is 4. The molecule has 3 amide bonds. The number of hydrogen-bond acceptors (Lipinski definition) is 4. The summed E-state index contributed by atoms with van der Waals surface area (Å²) >= 11 is 0. The molecular formula is C27H26N2O4. The Hall–Kier alpha value is -4.06. The van der Waals surface area contributed by atoms with E-state index in [1.807, 2.05) is 43.3 Å². The highest BCUT2D eigenvalue weighted by atomic mass is 16.2. The first-order valence-electron chi connectivity index (χ1n) is 10.5. The predicted molar refractivity (Wildman–Crippen MR) is 130 cm³/mol. The molecule has 1 aliphatic rings. The zero-order valence-corrected chi connectivity index (χ0v) is 19.1. The van der Waals surface area contributed by atoms with Crippen molar-refractivity contribution in [2.24, 2.45) is 0 Å². The highest BCUT2D eigenvalue weighted by Gasteiger charge is 2.25. The van der Waals surface area contributed by atoms with E-state index in [0.717, 1.165) is 21.6 Å². The summed E-state index contributed by atoms with van der Waals surface area (Å²) in [5, 5.41) is 2.73. The fraction of sp³-hybridized carbons (Fsp3) is 0.185. The molecule has 2 aromatic carbocycles. The molecule has 0 atom stereocenters. The highest BCUT2D eigenvalue weighted by molar-refractivity contribution is 6.28. The predicted octanol–water partition coefficient (Wildman–Crippen LogP) is 4.58. The number of rotatable bonds is 7. The van der Waals surface area contributed by atoms with E-state index in [9.17, 15) is 19.2 Å².